The zero-order chi connectivity index (χ0) is 18.4. The number of nitrogens with one attached hydrogen (secondary N) is 2. The third kappa shape index (κ3) is 6.37. The number of carbonyl (C=O) groups excluding carboxylic acids is 1. The monoisotopic (exact) mass is 480 g/mol. The number of carbonyl (C=O) groups is 1. The topological polar surface area (TPSA) is 56.7 Å². The Bertz CT molecular complexity index is 642. The number of likely N-dealkylation sites (tertiary alicyclic amines) is 1. The molecule has 146 valence electrons. The van der Waals surface area contributed by atoms with E-state index >= 15 is 0 Å². The minimum absolute atomic E-state index is 0. The van der Waals surface area contributed by atoms with Gasteiger partial charge >= 0.3 is 0 Å². The number of hydrogen-bond acceptors (Lipinski definition) is 2. The molecule has 2 N–H and O–H groups in total. The zero-order valence-corrected chi connectivity index (χ0v) is 17.7. The summed E-state index contributed by atoms with van der Waals surface area (Å²) in [6, 6.07) is 4.10. The first-order valence-corrected chi connectivity index (χ1v) is 8.64. The second kappa shape index (κ2) is 10.6. The minimum atomic E-state index is -0.842. The first-order chi connectivity index (χ1) is 11.9. The molecule has 1 heterocycles. The fourth-order valence-electron chi connectivity index (χ4n) is 2.80. The van der Waals surface area contributed by atoms with E-state index in [1.54, 1.807) is 18.0 Å². The Morgan fingerprint density at radius 2 is 2.12 bits per heavy atom. The van der Waals surface area contributed by atoms with Crippen molar-refractivity contribution < 1.29 is 13.6 Å². The van der Waals surface area contributed by atoms with Crippen molar-refractivity contribution >= 4 is 35.8 Å². The van der Waals surface area contributed by atoms with E-state index in [-0.39, 0.29) is 41.8 Å². The number of aliphatic imine (C=N–C) groups is 1. The van der Waals surface area contributed by atoms with E-state index in [4.69, 9.17) is 0 Å². The van der Waals surface area contributed by atoms with Gasteiger partial charge < -0.3 is 15.5 Å². The number of halogens is 3. The maximum atomic E-state index is 13.4. The highest BCUT2D eigenvalue weighted by Crippen LogP contribution is 2.18. The van der Waals surface area contributed by atoms with Gasteiger partial charge in [-0.15, -0.1) is 24.0 Å². The van der Waals surface area contributed by atoms with Crippen LogP contribution in [0.15, 0.2) is 23.2 Å². The SMILES string of the molecule is CCNC(=NCC(C)c1ccc(F)c(F)c1)NC1CCC(=O)N(C)C1.I. The van der Waals surface area contributed by atoms with Gasteiger partial charge in [-0.1, -0.05) is 13.0 Å². The Kier molecular flexibility index (Phi) is 9.24. The van der Waals surface area contributed by atoms with Gasteiger partial charge in [0, 0.05) is 45.1 Å². The average molecular weight is 480 g/mol. The van der Waals surface area contributed by atoms with E-state index in [0.717, 1.165) is 12.5 Å². The quantitative estimate of drug-likeness (QED) is 0.387. The summed E-state index contributed by atoms with van der Waals surface area (Å²) < 4.78 is 26.4. The first kappa shape index (κ1) is 22.6. The summed E-state index contributed by atoms with van der Waals surface area (Å²) in [6.45, 7) is 5.70. The predicted molar refractivity (Wildman–Crippen MR) is 110 cm³/mol. The standard InChI is InChI=1S/C18H26F2N4O.HI/c1-4-21-18(23-14-6-8-17(25)24(3)11-14)22-10-12(2)13-5-7-15(19)16(20)9-13;/h5,7,9,12,14H,4,6,8,10-11H2,1-3H3,(H2,21,22,23);1H. The molecule has 2 rings (SSSR count). The first-order valence-electron chi connectivity index (χ1n) is 8.64. The van der Waals surface area contributed by atoms with Crippen LogP contribution in [-0.4, -0.2) is 49.5 Å². The van der Waals surface area contributed by atoms with Crippen molar-refractivity contribution in [3.05, 3.63) is 35.4 Å². The Hall–Kier alpha value is -1.45. The van der Waals surface area contributed by atoms with Gasteiger partial charge in [0.15, 0.2) is 17.6 Å². The highest BCUT2D eigenvalue weighted by Gasteiger charge is 2.23. The number of rotatable bonds is 5. The van der Waals surface area contributed by atoms with E-state index in [1.807, 2.05) is 13.8 Å². The molecule has 1 fully saturated rings. The maximum Gasteiger partial charge on any atom is 0.222 e. The summed E-state index contributed by atoms with van der Waals surface area (Å²) in [5, 5.41) is 6.53. The van der Waals surface area contributed by atoms with Gasteiger partial charge in [-0.25, -0.2) is 8.78 Å². The number of piperidine rings is 1. The molecule has 1 amide bonds. The van der Waals surface area contributed by atoms with Crippen LogP contribution < -0.4 is 10.6 Å². The third-order valence-corrected chi connectivity index (χ3v) is 4.35. The summed E-state index contributed by atoms with van der Waals surface area (Å²) in [5.41, 5.74) is 0.710. The van der Waals surface area contributed by atoms with E-state index in [2.05, 4.69) is 15.6 Å². The number of hydrogen-bond donors (Lipinski definition) is 2. The molecular weight excluding hydrogens is 453 g/mol. The van der Waals surface area contributed by atoms with Crippen LogP contribution in [0, 0.1) is 11.6 Å². The lowest BCUT2D eigenvalue weighted by molar-refractivity contribution is -0.132. The second-order valence-electron chi connectivity index (χ2n) is 6.45. The zero-order valence-electron chi connectivity index (χ0n) is 15.4. The summed E-state index contributed by atoms with van der Waals surface area (Å²) in [5.74, 6) is -0.892. The molecule has 0 saturated carbocycles. The van der Waals surface area contributed by atoms with Crippen LogP contribution in [0.25, 0.3) is 0 Å². The van der Waals surface area contributed by atoms with E-state index < -0.39 is 11.6 Å². The van der Waals surface area contributed by atoms with Crippen LogP contribution in [0.5, 0.6) is 0 Å². The third-order valence-electron chi connectivity index (χ3n) is 4.35. The normalized spacial score (nSPS) is 19.0. The fourth-order valence-corrected chi connectivity index (χ4v) is 2.80. The van der Waals surface area contributed by atoms with Crippen molar-refractivity contribution in [3.8, 4) is 0 Å². The number of benzene rings is 1. The van der Waals surface area contributed by atoms with E-state index in [9.17, 15) is 13.6 Å². The lowest BCUT2D eigenvalue weighted by Gasteiger charge is -2.31. The summed E-state index contributed by atoms with van der Waals surface area (Å²) >= 11 is 0. The minimum Gasteiger partial charge on any atom is -0.357 e. The molecule has 1 aliphatic heterocycles. The fraction of sp³-hybridized carbons (Fsp3) is 0.556. The van der Waals surface area contributed by atoms with Crippen molar-refractivity contribution in [2.45, 2.75) is 38.6 Å². The van der Waals surface area contributed by atoms with Crippen molar-refractivity contribution in [1.29, 1.82) is 0 Å². The molecule has 1 saturated heterocycles. The van der Waals surface area contributed by atoms with Gasteiger partial charge in [-0.2, -0.15) is 0 Å². The number of nitrogens with zero attached hydrogens (tertiary/aromatic N) is 2. The molecule has 1 aliphatic rings. The van der Waals surface area contributed by atoms with Crippen molar-refractivity contribution in [2.24, 2.45) is 4.99 Å². The molecule has 26 heavy (non-hydrogen) atoms. The van der Waals surface area contributed by atoms with Crippen molar-refractivity contribution in [3.63, 3.8) is 0 Å². The van der Waals surface area contributed by atoms with Crippen LogP contribution in [0.4, 0.5) is 8.78 Å². The number of amides is 1. The number of likely N-dealkylation sites (N-methyl/N-ethyl adjacent to an activating group) is 1. The maximum absolute atomic E-state index is 13.4. The molecule has 2 atom stereocenters. The molecule has 0 aliphatic carbocycles. The Labute approximate surface area is 170 Å². The molecule has 5 nitrogen and oxygen atoms in total. The van der Waals surface area contributed by atoms with Crippen LogP contribution in [0.3, 0.4) is 0 Å². The van der Waals surface area contributed by atoms with Crippen LogP contribution in [0.1, 0.15) is 38.2 Å². The van der Waals surface area contributed by atoms with Crippen molar-refractivity contribution in [2.75, 3.05) is 26.7 Å². The summed E-state index contributed by atoms with van der Waals surface area (Å²) in [6.07, 6.45) is 1.30. The molecular formula is C18H27F2IN4O. The molecule has 8 heteroatoms. The van der Waals surface area contributed by atoms with E-state index in [0.29, 0.717) is 37.6 Å². The highest BCUT2D eigenvalue weighted by atomic mass is 127. The van der Waals surface area contributed by atoms with Gasteiger partial charge in [-0.3, -0.25) is 9.79 Å². The summed E-state index contributed by atoms with van der Waals surface area (Å²) in [7, 11) is 1.80. The average Bonchev–Trinajstić information content (AvgIpc) is 2.58. The molecule has 1 aromatic carbocycles. The van der Waals surface area contributed by atoms with Crippen molar-refractivity contribution in [1.82, 2.24) is 15.5 Å². The molecule has 2 unspecified atom stereocenters. The lowest BCUT2D eigenvalue weighted by atomic mass is 10.0. The van der Waals surface area contributed by atoms with E-state index in [1.165, 1.54) is 6.07 Å². The van der Waals surface area contributed by atoms with Gasteiger partial charge in [0.25, 0.3) is 0 Å². The second-order valence-corrected chi connectivity index (χ2v) is 6.45. The molecule has 0 aromatic heterocycles. The van der Waals surface area contributed by atoms with Gasteiger partial charge in [0.1, 0.15) is 0 Å². The van der Waals surface area contributed by atoms with Crippen LogP contribution >= 0.6 is 24.0 Å². The Morgan fingerprint density at radius 1 is 1.38 bits per heavy atom. The van der Waals surface area contributed by atoms with Gasteiger partial charge in [0.2, 0.25) is 5.91 Å². The lowest BCUT2D eigenvalue weighted by Crippen LogP contribution is -2.51. The highest BCUT2D eigenvalue weighted by molar-refractivity contribution is 14.0. The smallest absolute Gasteiger partial charge is 0.222 e. The predicted octanol–water partition coefficient (Wildman–Crippen LogP) is 2.86. The summed E-state index contributed by atoms with van der Waals surface area (Å²) in [4.78, 5) is 17.8. The van der Waals surface area contributed by atoms with Crippen LogP contribution in [-0.2, 0) is 4.79 Å². The largest absolute Gasteiger partial charge is 0.357 e. The number of guanidine groups is 1. The molecule has 0 bridgehead atoms. The van der Waals surface area contributed by atoms with Gasteiger partial charge in [-0.05, 0) is 31.0 Å². The van der Waals surface area contributed by atoms with Gasteiger partial charge in [0.05, 0.1) is 0 Å². The van der Waals surface area contributed by atoms with Crippen LogP contribution in [0.2, 0.25) is 0 Å². The molecule has 0 spiro atoms. The molecule has 0 radical (unpaired) electrons. The molecule has 1 aromatic rings. The Balaban J connectivity index is 0.00000338. The Morgan fingerprint density at radius 3 is 2.73 bits per heavy atom.